The molecule has 0 bridgehead atoms. The molecular formula is C32H19N5O. The van der Waals surface area contributed by atoms with Gasteiger partial charge in [-0.3, -0.25) is 13.8 Å². The second kappa shape index (κ2) is 7.82. The summed E-state index contributed by atoms with van der Waals surface area (Å²) < 4.78 is 3.94. The third-order valence-corrected chi connectivity index (χ3v) is 7.15. The lowest BCUT2D eigenvalue weighted by Gasteiger charge is -2.17. The molecule has 8 rings (SSSR count). The third kappa shape index (κ3) is 2.82. The number of para-hydroxylation sites is 3. The van der Waals surface area contributed by atoms with Crippen molar-refractivity contribution < 1.29 is 0 Å². The number of pyridine rings is 2. The molecule has 6 heteroatoms. The lowest BCUT2D eigenvalue weighted by atomic mass is 10.1. The van der Waals surface area contributed by atoms with Crippen molar-refractivity contribution in [3.63, 3.8) is 0 Å². The van der Waals surface area contributed by atoms with Gasteiger partial charge in [0.15, 0.2) is 11.5 Å². The van der Waals surface area contributed by atoms with E-state index >= 15 is 0 Å². The molecule has 0 unspecified atom stereocenters. The average Bonchev–Trinajstić information content (AvgIpc) is 3.38. The molecule has 0 radical (unpaired) electrons. The van der Waals surface area contributed by atoms with Gasteiger partial charge in [0, 0.05) is 33.6 Å². The number of hydrogen-bond acceptors (Lipinski definition) is 4. The smallest absolute Gasteiger partial charge is 0.263 e. The molecule has 6 nitrogen and oxygen atoms in total. The van der Waals surface area contributed by atoms with Crippen molar-refractivity contribution in [2.45, 2.75) is 0 Å². The largest absolute Gasteiger partial charge is 0.288 e. The Kier molecular flexibility index (Phi) is 4.28. The van der Waals surface area contributed by atoms with Crippen molar-refractivity contribution in [1.29, 1.82) is 0 Å². The molecule has 0 spiro atoms. The van der Waals surface area contributed by atoms with Crippen molar-refractivity contribution in [2.24, 2.45) is 0 Å². The summed E-state index contributed by atoms with van der Waals surface area (Å²) in [6, 6.07) is 35.5. The molecule has 0 saturated carbocycles. The van der Waals surface area contributed by atoms with Crippen LogP contribution < -0.4 is 5.56 Å². The Hall–Kier alpha value is -5.36. The van der Waals surface area contributed by atoms with E-state index in [1.54, 1.807) is 4.57 Å². The number of fused-ring (bicyclic) bond motifs is 10. The van der Waals surface area contributed by atoms with E-state index in [9.17, 15) is 4.79 Å². The zero-order valence-corrected chi connectivity index (χ0v) is 20.1. The van der Waals surface area contributed by atoms with Crippen molar-refractivity contribution in [3.8, 4) is 17.1 Å². The number of benzene rings is 4. The SMILES string of the molecule is O=c1c2ccccc2c2c(c3cnc(-c4ccccc4)nc3c3nc4ccccc4n32)n1-c1ccccc1. The van der Waals surface area contributed by atoms with Gasteiger partial charge in [0.2, 0.25) is 0 Å². The molecule has 4 heterocycles. The van der Waals surface area contributed by atoms with Crippen LogP contribution >= 0.6 is 0 Å². The summed E-state index contributed by atoms with van der Waals surface area (Å²) in [4.78, 5) is 29.0. The lowest BCUT2D eigenvalue weighted by molar-refractivity contribution is 1.06. The van der Waals surface area contributed by atoms with E-state index in [-0.39, 0.29) is 5.56 Å². The molecule has 0 saturated heterocycles. The summed E-state index contributed by atoms with van der Waals surface area (Å²) in [7, 11) is 0. The first-order chi connectivity index (χ1) is 18.8. The first-order valence-electron chi connectivity index (χ1n) is 12.4. The molecule has 4 aromatic heterocycles. The van der Waals surface area contributed by atoms with Gasteiger partial charge in [0.05, 0.1) is 22.1 Å². The van der Waals surface area contributed by atoms with Crippen LogP contribution in [0.15, 0.2) is 120 Å². The Morgan fingerprint density at radius 2 is 1.29 bits per heavy atom. The molecule has 0 atom stereocenters. The highest BCUT2D eigenvalue weighted by atomic mass is 16.1. The quantitative estimate of drug-likeness (QED) is 0.258. The molecule has 178 valence electrons. The van der Waals surface area contributed by atoms with Crippen LogP contribution in [0.2, 0.25) is 0 Å². The average molecular weight is 490 g/mol. The Morgan fingerprint density at radius 1 is 0.605 bits per heavy atom. The zero-order valence-electron chi connectivity index (χ0n) is 20.1. The molecule has 0 aliphatic carbocycles. The summed E-state index contributed by atoms with van der Waals surface area (Å²) in [5.41, 5.74) is 6.52. The molecule has 0 aliphatic heterocycles. The van der Waals surface area contributed by atoms with Gasteiger partial charge < -0.3 is 0 Å². The molecule has 0 N–H and O–H groups in total. The summed E-state index contributed by atoms with van der Waals surface area (Å²) in [5.74, 6) is 0.612. The molecule has 0 amide bonds. The maximum Gasteiger partial charge on any atom is 0.263 e. The van der Waals surface area contributed by atoms with Crippen molar-refractivity contribution in [3.05, 3.63) is 126 Å². The van der Waals surface area contributed by atoms with Crippen molar-refractivity contribution in [1.82, 2.24) is 23.9 Å². The molecule has 4 aromatic carbocycles. The van der Waals surface area contributed by atoms with Gasteiger partial charge in [0.1, 0.15) is 5.52 Å². The van der Waals surface area contributed by atoms with Crippen LogP contribution in [-0.4, -0.2) is 23.9 Å². The summed E-state index contributed by atoms with van der Waals surface area (Å²) in [6.45, 7) is 0. The normalized spacial score (nSPS) is 11.8. The van der Waals surface area contributed by atoms with Crippen LogP contribution in [0.1, 0.15) is 0 Å². The van der Waals surface area contributed by atoms with Gasteiger partial charge >= 0.3 is 0 Å². The van der Waals surface area contributed by atoms with Gasteiger partial charge in [0.25, 0.3) is 5.56 Å². The fraction of sp³-hybridized carbons (Fsp3) is 0. The number of nitrogens with zero attached hydrogens (tertiary/aromatic N) is 5. The fourth-order valence-electron chi connectivity index (χ4n) is 5.49. The van der Waals surface area contributed by atoms with E-state index < -0.39 is 0 Å². The van der Waals surface area contributed by atoms with E-state index in [1.807, 2.05) is 109 Å². The first-order valence-corrected chi connectivity index (χ1v) is 12.4. The number of hydrogen-bond donors (Lipinski definition) is 0. The molecule has 8 aromatic rings. The van der Waals surface area contributed by atoms with Gasteiger partial charge in [-0.1, -0.05) is 78.9 Å². The third-order valence-electron chi connectivity index (χ3n) is 7.15. The second-order valence-corrected chi connectivity index (χ2v) is 9.30. The Bertz CT molecular complexity index is 2250. The topological polar surface area (TPSA) is 65.1 Å². The van der Waals surface area contributed by atoms with E-state index in [0.717, 1.165) is 49.7 Å². The minimum Gasteiger partial charge on any atom is -0.288 e. The molecule has 0 aliphatic rings. The minimum atomic E-state index is -0.0866. The van der Waals surface area contributed by atoms with E-state index in [2.05, 4.69) is 10.5 Å². The van der Waals surface area contributed by atoms with Crippen LogP contribution in [0.3, 0.4) is 0 Å². The van der Waals surface area contributed by atoms with Crippen LogP contribution in [0.5, 0.6) is 0 Å². The van der Waals surface area contributed by atoms with Crippen LogP contribution in [0, 0.1) is 0 Å². The predicted molar refractivity (Wildman–Crippen MR) is 152 cm³/mol. The van der Waals surface area contributed by atoms with Gasteiger partial charge in [-0.25, -0.2) is 15.0 Å². The molecular weight excluding hydrogens is 470 g/mol. The monoisotopic (exact) mass is 489 g/mol. The van der Waals surface area contributed by atoms with E-state index in [0.29, 0.717) is 16.7 Å². The summed E-state index contributed by atoms with van der Waals surface area (Å²) in [5, 5.41) is 2.28. The maximum atomic E-state index is 14.1. The highest BCUT2D eigenvalue weighted by Gasteiger charge is 2.22. The number of aromatic nitrogens is 5. The molecule has 38 heavy (non-hydrogen) atoms. The fourth-order valence-corrected chi connectivity index (χ4v) is 5.49. The minimum absolute atomic E-state index is 0.0866. The van der Waals surface area contributed by atoms with Crippen molar-refractivity contribution >= 4 is 49.4 Å². The zero-order chi connectivity index (χ0) is 25.2. The Balaban J connectivity index is 1.71. The molecule has 0 fully saturated rings. The van der Waals surface area contributed by atoms with Crippen LogP contribution in [0.25, 0.3) is 66.5 Å². The number of imidazole rings is 1. The maximum absolute atomic E-state index is 14.1. The predicted octanol–water partition coefficient (Wildman–Crippen LogP) is 6.56. The first kappa shape index (κ1) is 20.8. The lowest BCUT2D eigenvalue weighted by Crippen LogP contribution is -2.20. The highest BCUT2D eigenvalue weighted by Crippen LogP contribution is 2.35. The Labute approximate surface area is 216 Å². The second-order valence-electron chi connectivity index (χ2n) is 9.30. The van der Waals surface area contributed by atoms with Gasteiger partial charge in [-0.2, -0.15) is 0 Å². The van der Waals surface area contributed by atoms with E-state index in [4.69, 9.17) is 15.0 Å². The van der Waals surface area contributed by atoms with E-state index in [1.165, 1.54) is 0 Å². The number of rotatable bonds is 2. The summed E-state index contributed by atoms with van der Waals surface area (Å²) in [6.07, 6.45) is 1.83. The van der Waals surface area contributed by atoms with Crippen molar-refractivity contribution in [2.75, 3.05) is 0 Å². The standard InChI is InChI=1S/C32H19N5O/c38-32-23-16-8-7-15-22(23)28-29(36(32)21-13-5-2-6-14-21)24-19-33-30(20-11-3-1-4-12-20)35-27(24)31-34-25-17-9-10-18-26(25)37(28)31/h1-19H. The van der Waals surface area contributed by atoms with Gasteiger partial charge in [-0.15, -0.1) is 0 Å². The Morgan fingerprint density at radius 3 is 2.11 bits per heavy atom. The highest BCUT2D eigenvalue weighted by molar-refractivity contribution is 6.18. The summed E-state index contributed by atoms with van der Waals surface area (Å²) >= 11 is 0. The van der Waals surface area contributed by atoms with Crippen LogP contribution in [-0.2, 0) is 0 Å². The van der Waals surface area contributed by atoms with Crippen LogP contribution in [0.4, 0.5) is 0 Å². The van der Waals surface area contributed by atoms with Gasteiger partial charge in [-0.05, 0) is 30.3 Å².